The Labute approximate surface area is 252 Å². The lowest BCUT2D eigenvalue weighted by Crippen LogP contribution is -2.45. The Morgan fingerprint density at radius 1 is 1.26 bits per heavy atom. The molecule has 232 valence electrons. The van der Waals surface area contributed by atoms with Crippen molar-refractivity contribution in [3.63, 3.8) is 0 Å². The van der Waals surface area contributed by atoms with Gasteiger partial charge in [-0.2, -0.15) is 0 Å². The van der Waals surface area contributed by atoms with Gasteiger partial charge in [0.15, 0.2) is 11.5 Å². The highest BCUT2D eigenvalue weighted by Crippen LogP contribution is 2.47. The van der Waals surface area contributed by atoms with E-state index in [1.165, 1.54) is 7.11 Å². The highest BCUT2D eigenvalue weighted by molar-refractivity contribution is 5.94. The predicted octanol–water partition coefficient (Wildman–Crippen LogP) is 3.77. The molecule has 0 bridgehead atoms. The zero-order chi connectivity index (χ0) is 30.7. The Bertz CT molecular complexity index is 1330. The number of aliphatic carboxylic acids is 1. The normalized spacial score (nSPS) is 22.7. The average Bonchev–Trinajstić information content (AvgIpc) is 3.66. The second-order valence-corrected chi connectivity index (χ2v) is 12.5. The lowest BCUT2D eigenvalue weighted by molar-refractivity contribution is -0.143. The number of pyridine rings is 1. The van der Waals surface area contributed by atoms with Gasteiger partial charge >= 0.3 is 5.97 Å². The van der Waals surface area contributed by atoms with Crippen LogP contribution in [-0.2, 0) is 14.4 Å². The van der Waals surface area contributed by atoms with Gasteiger partial charge in [0, 0.05) is 50.8 Å². The van der Waals surface area contributed by atoms with E-state index >= 15 is 0 Å². The summed E-state index contributed by atoms with van der Waals surface area (Å²) in [4.78, 5) is 49.4. The fourth-order valence-corrected chi connectivity index (χ4v) is 6.71. The largest absolute Gasteiger partial charge is 0.493 e. The van der Waals surface area contributed by atoms with E-state index in [9.17, 15) is 19.5 Å². The summed E-state index contributed by atoms with van der Waals surface area (Å²) < 4.78 is 16.8. The second kappa shape index (κ2) is 12.8. The van der Waals surface area contributed by atoms with Crippen molar-refractivity contribution >= 4 is 23.5 Å². The number of fused-ring (bicyclic) bond motifs is 1. The number of carbonyl (C=O) groups excluding carboxylic acids is 2. The first kappa shape index (κ1) is 30.6. The van der Waals surface area contributed by atoms with Gasteiger partial charge in [-0.1, -0.05) is 27.2 Å². The summed E-state index contributed by atoms with van der Waals surface area (Å²) in [6.45, 7) is 8.27. The maximum atomic E-state index is 13.9. The molecule has 1 aromatic heterocycles. The zero-order valence-electron chi connectivity index (χ0n) is 25.5. The topological polar surface area (TPSA) is 122 Å². The Morgan fingerprint density at radius 3 is 2.72 bits per heavy atom. The molecule has 2 fully saturated rings. The minimum absolute atomic E-state index is 0.0463. The summed E-state index contributed by atoms with van der Waals surface area (Å²) in [6, 6.07) is 6.83. The van der Waals surface area contributed by atoms with Crippen molar-refractivity contribution in [2.75, 3.05) is 51.5 Å². The molecule has 0 saturated carbocycles. The lowest BCUT2D eigenvalue weighted by Gasteiger charge is -2.31. The van der Waals surface area contributed by atoms with Crippen LogP contribution in [0.5, 0.6) is 17.2 Å². The first-order valence-corrected chi connectivity index (χ1v) is 15.0. The fourth-order valence-electron chi connectivity index (χ4n) is 6.71. The molecule has 0 radical (unpaired) electrons. The van der Waals surface area contributed by atoms with Crippen molar-refractivity contribution < 1.29 is 33.7 Å². The summed E-state index contributed by atoms with van der Waals surface area (Å²) in [5.74, 6) is -0.736. The summed E-state index contributed by atoms with van der Waals surface area (Å²) in [7, 11) is 1.54. The van der Waals surface area contributed by atoms with Crippen molar-refractivity contribution in [2.24, 2.45) is 11.3 Å². The van der Waals surface area contributed by atoms with E-state index in [2.05, 4.69) is 25.8 Å². The number of carboxylic acid groups (broad SMARTS) is 1. The molecule has 2 saturated heterocycles. The maximum absolute atomic E-state index is 13.9. The molecule has 11 nitrogen and oxygen atoms in total. The molecular formula is C32H42N4O7. The molecule has 3 unspecified atom stereocenters. The second-order valence-electron chi connectivity index (χ2n) is 12.5. The van der Waals surface area contributed by atoms with Crippen molar-refractivity contribution in [2.45, 2.75) is 58.4 Å². The van der Waals surface area contributed by atoms with Gasteiger partial charge in [-0.05, 0) is 48.1 Å². The van der Waals surface area contributed by atoms with Crippen molar-refractivity contribution in [1.82, 2.24) is 14.8 Å². The molecule has 43 heavy (non-hydrogen) atoms. The molecule has 1 N–H and O–H groups in total. The molecule has 0 aliphatic carbocycles. The summed E-state index contributed by atoms with van der Waals surface area (Å²) in [5.41, 5.74) is 1.35. The van der Waals surface area contributed by atoms with E-state index in [1.54, 1.807) is 23.4 Å². The van der Waals surface area contributed by atoms with Crippen LogP contribution in [0.2, 0.25) is 0 Å². The van der Waals surface area contributed by atoms with Gasteiger partial charge in [-0.3, -0.25) is 24.3 Å². The quantitative estimate of drug-likeness (QED) is 0.391. The molecule has 0 spiro atoms. The standard InChI is InChI=1S/C32H42N4O7/c1-5-6-11-36(22-8-7-10-33-16-22)28(38)18-35-17-23(21-13-25(41-4)30-26(14-21)42-20-43-30)29(31(39)40)24(35)9-12-34-19-32(2,3)15-27(34)37/h7-8,10,13-14,16,23-24,29H,5-6,9,11-12,15,17-20H2,1-4H3,(H,39,40). The molecule has 2 aromatic rings. The Kier molecular flexibility index (Phi) is 9.10. The first-order valence-electron chi connectivity index (χ1n) is 15.0. The minimum atomic E-state index is -0.940. The summed E-state index contributed by atoms with van der Waals surface area (Å²) >= 11 is 0. The Hall–Kier alpha value is -3.86. The highest BCUT2D eigenvalue weighted by Gasteiger charge is 2.48. The van der Waals surface area contributed by atoms with Crippen LogP contribution in [0.3, 0.4) is 0 Å². The first-order chi connectivity index (χ1) is 20.6. The van der Waals surface area contributed by atoms with E-state index < -0.39 is 23.8 Å². The van der Waals surface area contributed by atoms with Crippen LogP contribution >= 0.6 is 0 Å². The molecule has 2 amide bonds. The third kappa shape index (κ3) is 6.56. The lowest BCUT2D eigenvalue weighted by atomic mass is 9.84. The fraction of sp³-hybridized carbons (Fsp3) is 0.562. The number of amides is 2. The third-order valence-corrected chi connectivity index (χ3v) is 8.77. The molecule has 3 aliphatic heterocycles. The molecule has 3 atom stereocenters. The highest BCUT2D eigenvalue weighted by atomic mass is 16.7. The molecule has 3 aliphatic rings. The summed E-state index contributed by atoms with van der Waals surface area (Å²) in [5, 5.41) is 10.6. The van der Waals surface area contributed by atoms with Crippen molar-refractivity contribution in [3.05, 3.63) is 42.2 Å². The third-order valence-electron chi connectivity index (χ3n) is 8.77. The molecular weight excluding hydrogens is 552 g/mol. The van der Waals surface area contributed by atoms with Crippen LogP contribution in [0.25, 0.3) is 0 Å². The van der Waals surface area contributed by atoms with E-state index in [0.717, 1.165) is 18.4 Å². The van der Waals surface area contributed by atoms with E-state index in [1.807, 2.05) is 28.0 Å². The monoisotopic (exact) mass is 594 g/mol. The minimum Gasteiger partial charge on any atom is -0.493 e. The maximum Gasteiger partial charge on any atom is 0.308 e. The van der Waals surface area contributed by atoms with Crippen molar-refractivity contribution in [1.29, 1.82) is 0 Å². The summed E-state index contributed by atoms with van der Waals surface area (Å²) in [6.07, 6.45) is 6.01. The zero-order valence-corrected chi connectivity index (χ0v) is 25.5. The number of likely N-dealkylation sites (tertiary alicyclic amines) is 2. The van der Waals surface area contributed by atoms with Gasteiger partial charge in [-0.15, -0.1) is 0 Å². The van der Waals surface area contributed by atoms with Crippen LogP contribution in [0.1, 0.15) is 57.9 Å². The molecule has 4 heterocycles. The van der Waals surface area contributed by atoms with Crippen LogP contribution in [0.4, 0.5) is 5.69 Å². The van der Waals surface area contributed by atoms with Crippen LogP contribution in [0.15, 0.2) is 36.7 Å². The number of carbonyl (C=O) groups is 3. The number of ether oxygens (including phenoxy) is 3. The van der Waals surface area contributed by atoms with Gasteiger partial charge in [-0.25, -0.2) is 0 Å². The van der Waals surface area contributed by atoms with Gasteiger partial charge < -0.3 is 29.1 Å². The number of hydrogen-bond acceptors (Lipinski definition) is 8. The number of benzene rings is 1. The number of nitrogens with zero attached hydrogens (tertiary/aromatic N) is 4. The van der Waals surface area contributed by atoms with Crippen LogP contribution < -0.4 is 19.1 Å². The molecule has 1 aromatic carbocycles. The SMILES string of the molecule is CCCCN(C(=O)CN1CC(c2cc(OC)c3c(c2)OCO3)C(C(=O)O)C1CCN1CC(C)(C)CC1=O)c1cccnc1. The number of hydrogen-bond donors (Lipinski definition) is 1. The number of methoxy groups -OCH3 is 1. The van der Waals surface area contributed by atoms with Crippen molar-refractivity contribution in [3.8, 4) is 17.2 Å². The van der Waals surface area contributed by atoms with Crippen LogP contribution in [-0.4, -0.2) is 90.3 Å². The van der Waals surface area contributed by atoms with Gasteiger partial charge in [0.05, 0.1) is 31.5 Å². The molecule has 11 heteroatoms. The van der Waals surface area contributed by atoms with E-state index in [-0.39, 0.29) is 30.6 Å². The number of aromatic nitrogens is 1. The number of anilines is 1. The van der Waals surface area contributed by atoms with Crippen LogP contribution in [0, 0.1) is 11.3 Å². The number of carboxylic acids is 1. The molecule has 5 rings (SSSR count). The smallest absolute Gasteiger partial charge is 0.308 e. The average molecular weight is 595 g/mol. The number of unbranched alkanes of at least 4 members (excludes halogenated alkanes) is 1. The Morgan fingerprint density at radius 2 is 2.07 bits per heavy atom. The Balaban J connectivity index is 1.46. The van der Waals surface area contributed by atoms with Gasteiger partial charge in [0.1, 0.15) is 0 Å². The van der Waals surface area contributed by atoms with E-state index in [0.29, 0.717) is 62.0 Å². The number of rotatable bonds is 12. The van der Waals surface area contributed by atoms with Gasteiger partial charge in [0.25, 0.3) is 0 Å². The predicted molar refractivity (Wildman–Crippen MR) is 159 cm³/mol. The van der Waals surface area contributed by atoms with E-state index in [4.69, 9.17) is 14.2 Å². The van der Waals surface area contributed by atoms with Gasteiger partial charge in [0.2, 0.25) is 24.4 Å².